The maximum Gasteiger partial charge on any atom is 0.254 e. The third-order valence-electron chi connectivity index (χ3n) is 9.35. The van der Waals surface area contributed by atoms with Crippen LogP contribution >= 0.6 is 0 Å². The maximum absolute atomic E-state index is 14.2. The number of amides is 2. The molecule has 0 radical (unpaired) electrons. The highest BCUT2D eigenvalue weighted by atomic mass is 16.2. The van der Waals surface area contributed by atoms with Gasteiger partial charge < -0.3 is 15.1 Å². The highest BCUT2D eigenvalue weighted by Gasteiger charge is 2.62. The van der Waals surface area contributed by atoms with Crippen molar-refractivity contribution in [3.8, 4) is 0 Å². The number of benzene rings is 1. The fourth-order valence-electron chi connectivity index (χ4n) is 6.90. The van der Waals surface area contributed by atoms with Crippen molar-refractivity contribution < 1.29 is 12.4 Å². The monoisotopic (exact) mass is 546 g/mol. The van der Waals surface area contributed by atoms with Gasteiger partial charge in [0, 0.05) is 65.2 Å². The van der Waals surface area contributed by atoms with Gasteiger partial charge in [-0.2, -0.15) is 5.10 Å². The first kappa shape index (κ1) is 26.8. The van der Waals surface area contributed by atoms with Crippen LogP contribution in [-0.2, 0) is 24.8 Å². The van der Waals surface area contributed by atoms with Crippen LogP contribution in [0, 0.1) is 12.8 Å². The Labute approximate surface area is 240 Å². The molecule has 2 aromatic rings. The molecule has 2 aliphatic carbocycles. The molecular formula is C32H46N6O2. The lowest BCUT2D eigenvalue weighted by molar-refractivity contribution is -0.132. The lowest BCUT2D eigenvalue weighted by Gasteiger charge is -2.34. The van der Waals surface area contributed by atoms with Gasteiger partial charge in [-0.05, 0) is 69.3 Å². The van der Waals surface area contributed by atoms with Crippen molar-refractivity contribution in [2.24, 2.45) is 13.0 Å². The molecule has 1 saturated carbocycles. The summed E-state index contributed by atoms with van der Waals surface area (Å²) in [7, 11) is 1.94. The first-order valence-electron chi connectivity index (χ1n) is 14.9. The molecule has 1 N–H and O–H groups in total. The second-order valence-corrected chi connectivity index (χ2v) is 12.1. The molecule has 2 fully saturated rings. The van der Waals surface area contributed by atoms with Crippen LogP contribution < -0.4 is 5.32 Å². The van der Waals surface area contributed by atoms with E-state index >= 15 is 0 Å². The Morgan fingerprint density at radius 3 is 2.73 bits per heavy atom. The van der Waals surface area contributed by atoms with Crippen molar-refractivity contribution in [2.75, 3.05) is 38.0 Å². The number of carbonyl (C=O) groups excluding carboxylic acids is 2. The third-order valence-corrected chi connectivity index (χ3v) is 9.35. The van der Waals surface area contributed by atoms with E-state index in [9.17, 15) is 9.59 Å². The predicted molar refractivity (Wildman–Crippen MR) is 161 cm³/mol. The van der Waals surface area contributed by atoms with Crippen LogP contribution in [0.5, 0.6) is 0 Å². The van der Waals surface area contributed by atoms with Crippen molar-refractivity contribution in [1.82, 2.24) is 24.5 Å². The molecule has 8 heteroatoms. The Morgan fingerprint density at radius 1 is 1.18 bits per heavy atom. The third kappa shape index (κ3) is 4.76. The predicted octanol–water partition coefficient (Wildman–Crippen LogP) is 4.77. The lowest BCUT2D eigenvalue weighted by atomic mass is 9.99. The van der Waals surface area contributed by atoms with Gasteiger partial charge in [-0.3, -0.25) is 19.2 Å². The molecule has 2 unspecified atom stereocenters. The zero-order valence-electron chi connectivity index (χ0n) is 24.4. The lowest BCUT2D eigenvalue weighted by Crippen LogP contribution is -2.48. The molecule has 8 nitrogen and oxygen atoms in total. The van der Waals surface area contributed by atoms with E-state index in [2.05, 4.69) is 59.2 Å². The summed E-state index contributed by atoms with van der Waals surface area (Å²) in [5.41, 5.74) is 6.07. The first-order chi connectivity index (χ1) is 19.3. The molecule has 0 bridgehead atoms. The van der Waals surface area contributed by atoms with E-state index < -0.39 is 0 Å². The van der Waals surface area contributed by atoms with Crippen molar-refractivity contribution in [3.63, 3.8) is 0 Å². The van der Waals surface area contributed by atoms with Crippen LogP contribution in [0.2, 0.25) is 0 Å². The molecule has 216 valence electrons. The quantitative estimate of drug-likeness (QED) is 0.529. The molecule has 1 aromatic heterocycles. The van der Waals surface area contributed by atoms with Crippen LogP contribution in [0.1, 0.15) is 69.4 Å². The van der Waals surface area contributed by atoms with Gasteiger partial charge in [-0.25, -0.2) is 0 Å². The molecule has 2 aliphatic heterocycles. The Bertz CT molecular complexity index is 1390. The first-order valence-corrected chi connectivity index (χ1v) is 14.9. The summed E-state index contributed by atoms with van der Waals surface area (Å²) in [5.74, 6) is 1.56. The fourth-order valence-corrected chi connectivity index (χ4v) is 6.90. The van der Waals surface area contributed by atoms with Crippen molar-refractivity contribution >= 4 is 17.6 Å². The summed E-state index contributed by atoms with van der Waals surface area (Å²) in [5, 5.41) is 8.14. The van der Waals surface area contributed by atoms with Gasteiger partial charge in [0.05, 0.1) is 18.3 Å². The minimum atomic E-state index is -0.339. The van der Waals surface area contributed by atoms with E-state index in [-0.39, 0.29) is 20.2 Å². The number of aromatic nitrogens is 2. The number of carbonyl (C=O) groups is 2. The van der Waals surface area contributed by atoms with E-state index in [1.807, 2.05) is 35.0 Å². The summed E-state index contributed by atoms with van der Waals surface area (Å²) < 4.78 is 1.87. The normalized spacial score (nSPS) is 24.1. The summed E-state index contributed by atoms with van der Waals surface area (Å²) in [6.07, 6.45) is 10.7. The van der Waals surface area contributed by atoms with Crippen LogP contribution in [0.25, 0.3) is 0 Å². The standard InChI is InChI=1S/C32H42N6O2.2H2/c1-5-12-36-13-15-37(16-14-36)29(39)11-9-24-7-8-25(18-23(24)3)31(40)38-21-26-20-33-35(4)30(26)34-28-10-6-22(2)17-27-19-32(27,28)38;;/h7-8,10,17-18,20,27,34H,5-6,9,11-16,19,21H2,1-4H3;2*1H. The summed E-state index contributed by atoms with van der Waals surface area (Å²) in [4.78, 5) is 33.7. The minimum absolute atomic E-state index is 0. The molecule has 1 saturated heterocycles. The summed E-state index contributed by atoms with van der Waals surface area (Å²) in [6, 6.07) is 6.02. The van der Waals surface area contributed by atoms with Crippen LogP contribution in [0.15, 0.2) is 47.8 Å². The number of piperazine rings is 1. The number of nitrogens with zero attached hydrogens (tertiary/aromatic N) is 5. The second-order valence-electron chi connectivity index (χ2n) is 12.1. The smallest absolute Gasteiger partial charge is 0.254 e. The number of allylic oxidation sites excluding steroid dienone is 2. The number of hydrogen-bond acceptors (Lipinski definition) is 5. The van der Waals surface area contributed by atoms with Gasteiger partial charge >= 0.3 is 0 Å². The van der Waals surface area contributed by atoms with E-state index in [0.717, 1.165) is 80.2 Å². The summed E-state index contributed by atoms with van der Waals surface area (Å²) in [6.45, 7) is 11.7. The average Bonchev–Trinajstić information content (AvgIpc) is 3.60. The van der Waals surface area contributed by atoms with Crippen LogP contribution in [0.3, 0.4) is 0 Å². The van der Waals surface area contributed by atoms with Crippen molar-refractivity contribution in [2.45, 2.75) is 65.0 Å². The minimum Gasteiger partial charge on any atom is -0.342 e. The van der Waals surface area contributed by atoms with Gasteiger partial charge in [0.25, 0.3) is 5.91 Å². The largest absolute Gasteiger partial charge is 0.342 e. The van der Waals surface area contributed by atoms with E-state index in [1.54, 1.807) is 0 Å². The van der Waals surface area contributed by atoms with Gasteiger partial charge in [0.2, 0.25) is 5.91 Å². The average molecular weight is 547 g/mol. The van der Waals surface area contributed by atoms with Gasteiger partial charge in [-0.1, -0.05) is 30.7 Å². The van der Waals surface area contributed by atoms with Gasteiger partial charge in [0.1, 0.15) is 5.82 Å². The SMILES string of the molecule is CCCN1CCN(C(=O)CCc2ccc(C(=O)N3Cc4cnn(C)c4NC4=CCC(C)=CC5CC453)cc2C)CC1.[HH].[HH]. The zero-order valence-corrected chi connectivity index (χ0v) is 24.4. The molecule has 1 aromatic carbocycles. The number of aryl methyl sites for hydroxylation is 3. The summed E-state index contributed by atoms with van der Waals surface area (Å²) >= 11 is 0. The van der Waals surface area contributed by atoms with E-state index in [1.165, 1.54) is 5.57 Å². The fraction of sp³-hybridized carbons (Fsp3) is 0.531. The number of hydrogen-bond donors (Lipinski definition) is 1. The van der Waals surface area contributed by atoms with Crippen molar-refractivity contribution in [1.29, 1.82) is 0 Å². The molecular weight excluding hydrogens is 500 g/mol. The molecule has 6 rings (SSSR count). The molecule has 1 spiro atoms. The topological polar surface area (TPSA) is 73.7 Å². The van der Waals surface area contributed by atoms with Crippen LogP contribution in [0.4, 0.5) is 5.82 Å². The van der Waals surface area contributed by atoms with Crippen LogP contribution in [-0.4, -0.2) is 74.6 Å². The molecule has 4 aliphatic rings. The second kappa shape index (κ2) is 10.5. The number of nitrogens with one attached hydrogen (secondary N) is 1. The van der Waals surface area contributed by atoms with E-state index in [0.29, 0.717) is 30.9 Å². The number of rotatable bonds is 6. The maximum atomic E-state index is 14.2. The van der Waals surface area contributed by atoms with Gasteiger partial charge in [-0.15, -0.1) is 0 Å². The van der Waals surface area contributed by atoms with Crippen molar-refractivity contribution in [3.05, 3.63) is 70.1 Å². The molecule has 3 heterocycles. The molecule has 40 heavy (non-hydrogen) atoms. The highest BCUT2D eigenvalue weighted by Crippen LogP contribution is 2.58. The molecule has 2 atom stereocenters. The highest BCUT2D eigenvalue weighted by molar-refractivity contribution is 5.96. The Kier molecular flexibility index (Phi) is 7.07. The van der Waals surface area contributed by atoms with E-state index in [4.69, 9.17) is 0 Å². The number of anilines is 1. The molecule has 2 amide bonds. The number of fused-ring (bicyclic) bond motifs is 1. The Balaban J connectivity index is 0.00000202. The van der Waals surface area contributed by atoms with Gasteiger partial charge in [0.15, 0.2) is 0 Å². The Morgan fingerprint density at radius 2 is 1.98 bits per heavy atom. The Hall–Kier alpha value is -3.39. The zero-order chi connectivity index (χ0) is 28.0.